The molecule has 25 heavy (non-hydrogen) atoms. The van der Waals surface area contributed by atoms with Crippen molar-refractivity contribution in [2.24, 2.45) is 5.92 Å². The van der Waals surface area contributed by atoms with E-state index in [0.29, 0.717) is 18.8 Å². The largest absolute Gasteiger partial charge is 0.435 e. The number of carbonyl (C=O) groups excluding carboxylic acids is 1. The Kier molecular flexibility index (Phi) is 5.54. The van der Waals surface area contributed by atoms with Gasteiger partial charge in [-0.15, -0.1) is 0 Å². The molecule has 0 fully saturated rings. The molecule has 0 spiro atoms. The third kappa shape index (κ3) is 4.40. The molecular formula is C16H22F3N5O. The number of halogens is 3. The van der Waals surface area contributed by atoms with Gasteiger partial charge in [0.25, 0.3) is 0 Å². The Morgan fingerprint density at radius 2 is 2.04 bits per heavy atom. The van der Waals surface area contributed by atoms with Crippen LogP contribution in [0.25, 0.3) is 0 Å². The van der Waals surface area contributed by atoms with E-state index in [0.717, 1.165) is 11.8 Å². The lowest BCUT2D eigenvalue weighted by molar-refractivity contribution is -0.141. The summed E-state index contributed by atoms with van der Waals surface area (Å²) in [5.41, 5.74) is 0.337. The molecule has 2 aromatic heterocycles. The van der Waals surface area contributed by atoms with Crippen molar-refractivity contribution in [3.8, 4) is 0 Å². The molecule has 9 heteroatoms. The van der Waals surface area contributed by atoms with Gasteiger partial charge in [0.1, 0.15) is 0 Å². The van der Waals surface area contributed by atoms with Gasteiger partial charge < -0.3 is 4.90 Å². The van der Waals surface area contributed by atoms with Crippen molar-refractivity contribution < 1.29 is 18.0 Å². The summed E-state index contributed by atoms with van der Waals surface area (Å²) >= 11 is 0. The first-order valence-electron chi connectivity index (χ1n) is 8.00. The Hall–Kier alpha value is -2.32. The van der Waals surface area contributed by atoms with Gasteiger partial charge in [-0.2, -0.15) is 23.4 Å². The summed E-state index contributed by atoms with van der Waals surface area (Å²) in [4.78, 5) is 14.1. The zero-order chi connectivity index (χ0) is 18.8. The molecule has 6 nitrogen and oxygen atoms in total. The summed E-state index contributed by atoms with van der Waals surface area (Å²) < 4.78 is 41.2. The molecule has 0 saturated heterocycles. The molecule has 0 aliphatic heterocycles. The van der Waals surface area contributed by atoms with Crippen LogP contribution in [0.4, 0.5) is 13.2 Å². The van der Waals surface area contributed by atoms with Crippen LogP contribution < -0.4 is 0 Å². The van der Waals surface area contributed by atoms with E-state index < -0.39 is 17.8 Å². The third-order valence-corrected chi connectivity index (χ3v) is 4.02. The van der Waals surface area contributed by atoms with E-state index in [4.69, 9.17) is 0 Å². The highest BCUT2D eigenvalue weighted by molar-refractivity contribution is 5.78. The van der Waals surface area contributed by atoms with Crippen LogP contribution in [0, 0.1) is 12.8 Å². The monoisotopic (exact) mass is 357 g/mol. The topological polar surface area (TPSA) is 56.0 Å². The van der Waals surface area contributed by atoms with Crippen molar-refractivity contribution >= 4 is 5.91 Å². The maximum Gasteiger partial charge on any atom is 0.435 e. The normalized spacial score (nSPS) is 13.1. The number of nitrogens with zero attached hydrogens (tertiary/aromatic N) is 5. The van der Waals surface area contributed by atoms with Crippen molar-refractivity contribution in [3.05, 3.63) is 35.4 Å². The Balaban J connectivity index is 2.04. The van der Waals surface area contributed by atoms with Gasteiger partial charge in [0.05, 0.1) is 24.7 Å². The van der Waals surface area contributed by atoms with Gasteiger partial charge in [-0.05, 0) is 26.0 Å². The predicted octanol–water partition coefficient (Wildman–Crippen LogP) is 2.72. The highest BCUT2D eigenvalue weighted by atomic mass is 19.4. The van der Waals surface area contributed by atoms with Gasteiger partial charge in [0.15, 0.2) is 5.69 Å². The fraction of sp³-hybridized carbons (Fsp3) is 0.562. The fourth-order valence-corrected chi connectivity index (χ4v) is 2.65. The molecule has 2 aromatic rings. The molecular weight excluding hydrogens is 335 g/mol. The molecule has 0 bridgehead atoms. The molecule has 0 saturated carbocycles. The van der Waals surface area contributed by atoms with E-state index in [1.54, 1.807) is 36.7 Å². The van der Waals surface area contributed by atoms with E-state index in [9.17, 15) is 18.0 Å². The second kappa shape index (κ2) is 7.28. The average molecular weight is 357 g/mol. The molecule has 0 aliphatic carbocycles. The predicted molar refractivity (Wildman–Crippen MR) is 85.5 cm³/mol. The second-order valence-electron chi connectivity index (χ2n) is 6.08. The number of aromatic nitrogens is 4. The summed E-state index contributed by atoms with van der Waals surface area (Å²) in [6.45, 7) is 6.38. The number of amides is 1. The van der Waals surface area contributed by atoms with Crippen LogP contribution in [-0.4, -0.2) is 37.4 Å². The molecule has 2 rings (SSSR count). The highest BCUT2D eigenvalue weighted by Gasteiger charge is 2.34. The zero-order valence-corrected chi connectivity index (χ0v) is 14.7. The Bertz CT molecular complexity index is 734. The van der Waals surface area contributed by atoms with Crippen LogP contribution >= 0.6 is 0 Å². The van der Waals surface area contributed by atoms with Crippen LogP contribution in [0.15, 0.2) is 18.3 Å². The number of rotatable bonds is 6. The summed E-state index contributed by atoms with van der Waals surface area (Å²) in [7, 11) is 1.67. The number of aryl methyl sites for hydroxylation is 2. The first kappa shape index (κ1) is 19.0. The SMILES string of the molecule is CCn1nccc1CN(C)C(=O)C(C)Cn1nc(C(F)(F)F)cc1C. The molecule has 0 aromatic carbocycles. The molecule has 1 amide bonds. The van der Waals surface area contributed by atoms with Gasteiger partial charge in [0.2, 0.25) is 5.91 Å². The summed E-state index contributed by atoms with van der Waals surface area (Å²) in [6.07, 6.45) is -2.81. The smallest absolute Gasteiger partial charge is 0.340 e. The van der Waals surface area contributed by atoms with Crippen LogP contribution in [0.5, 0.6) is 0 Å². The highest BCUT2D eigenvalue weighted by Crippen LogP contribution is 2.28. The van der Waals surface area contributed by atoms with Crippen LogP contribution in [0.3, 0.4) is 0 Å². The Morgan fingerprint density at radius 1 is 1.36 bits per heavy atom. The minimum atomic E-state index is -4.49. The lowest BCUT2D eigenvalue weighted by Crippen LogP contribution is -2.34. The third-order valence-electron chi connectivity index (χ3n) is 4.02. The first-order chi connectivity index (χ1) is 11.6. The van der Waals surface area contributed by atoms with Crippen molar-refractivity contribution in [1.29, 1.82) is 0 Å². The number of hydrogen-bond donors (Lipinski definition) is 0. The van der Waals surface area contributed by atoms with E-state index in [2.05, 4.69) is 10.2 Å². The van der Waals surface area contributed by atoms with Crippen molar-refractivity contribution in [2.45, 2.75) is 46.6 Å². The Labute approximate surface area is 144 Å². The molecule has 0 radical (unpaired) electrons. The van der Waals surface area contributed by atoms with Gasteiger partial charge in [-0.1, -0.05) is 6.92 Å². The number of hydrogen-bond acceptors (Lipinski definition) is 3. The summed E-state index contributed by atoms with van der Waals surface area (Å²) in [6, 6.07) is 2.83. The average Bonchev–Trinajstić information content (AvgIpc) is 3.12. The number of carbonyl (C=O) groups is 1. The Morgan fingerprint density at radius 3 is 2.60 bits per heavy atom. The minimum absolute atomic E-state index is 0.0954. The zero-order valence-electron chi connectivity index (χ0n) is 14.7. The lowest BCUT2D eigenvalue weighted by atomic mass is 10.1. The van der Waals surface area contributed by atoms with Crippen molar-refractivity contribution in [3.63, 3.8) is 0 Å². The minimum Gasteiger partial charge on any atom is -0.340 e. The van der Waals surface area contributed by atoms with Gasteiger partial charge in [-0.3, -0.25) is 14.2 Å². The van der Waals surface area contributed by atoms with Crippen molar-refractivity contribution in [2.75, 3.05) is 7.05 Å². The second-order valence-corrected chi connectivity index (χ2v) is 6.08. The molecule has 1 atom stereocenters. The van der Waals surface area contributed by atoms with E-state index >= 15 is 0 Å². The molecule has 2 heterocycles. The fourth-order valence-electron chi connectivity index (χ4n) is 2.65. The maximum absolute atomic E-state index is 12.7. The standard InChI is InChI=1S/C16H22F3N5O/c1-5-23-13(6-7-20-23)10-22(4)15(25)11(2)9-24-12(3)8-14(21-24)16(17,18)19/h6-8,11H,5,9-10H2,1-4H3. The molecule has 0 aliphatic rings. The van der Waals surface area contributed by atoms with E-state index in [1.807, 2.05) is 13.0 Å². The first-order valence-corrected chi connectivity index (χ1v) is 8.00. The van der Waals surface area contributed by atoms with Crippen LogP contribution in [-0.2, 0) is 30.6 Å². The van der Waals surface area contributed by atoms with Crippen LogP contribution in [0.1, 0.15) is 30.9 Å². The summed E-state index contributed by atoms with van der Waals surface area (Å²) in [5, 5.41) is 7.73. The van der Waals surface area contributed by atoms with Gasteiger partial charge in [0, 0.05) is 25.5 Å². The molecule has 0 N–H and O–H groups in total. The molecule has 138 valence electrons. The van der Waals surface area contributed by atoms with E-state index in [1.165, 1.54) is 4.68 Å². The van der Waals surface area contributed by atoms with Crippen molar-refractivity contribution in [1.82, 2.24) is 24.5 Å². The van der Waals surface area contributed by atoms with Gasteiger partial charge in [-0.25, -0.2) is 0 Å². The van der Waals surface area contributed by atoms with E-state index in [-0.39, 0.29) is 12.5 Å². The summed E-state index contributed by atoms with van der Waals surface area (Å²) in [5.74, 6) is -0.657. The van der Waals surface area contributed by atoms with Crippen LogP contribution in [0.2, 0.25) is 0 Å². The quantitative estimate of drug-likeness (QED) is 0.799. The maximum atomic E-state index is 12.7. The van der Waals surface area contributed by atoms with Gasteiger partial charge >= 0.3 is 6.18 Å². The molecule has 1 unspecified atom stereocenters. The lowest BCUT2D eigenvalue weighted by Gasteiger charge is -2.22. The number of alkyl halides is 3.